The molecule has 0 bridgehead atoms. The number of anilines is 2. The van der Waals surface area contributed by atoms with Gasteiger partial charge in [-0.05, 0) is 50.9 Å². The number of carbonyl (C=O) groups is 2. The van der Waals surface area contributed by atoms with Crippen molar-refractivity contribution in [1.29, 1.82) is 0 Å². The maximum Gasteiger partial charge on any atom is 0.196 e. The first-order valence-electron chi connectivity index (χ1n) is 11.9. The Morgan fingerprint density at radius 2 is 0.969 bits per heavy atom. The first kappa shape index (κ1) is 24.0. The van der Waals surface area contributed by atoms with Crippen LogP contribution in [0, 0.1) is 0 Å². The number of benzene rings is 2. The number of fused-ring (bicyclic) bond motifs is 2. The van der Waals surface area contributed by atoms with E-state index in [9.17, 15) is 9.59 Å². The fourth-order valence-electron chi connectivity index (χ4n) is 4.21. The number of hydrogen-bond acceptors (Lipinski definition) is 6. The molecule has 0 amide bonds. The molecule has 3 rings (SSSR count). The van der Waals surface area contributed by atoms with Crippen molar-refractivity contribution < 1.29 is 9.59 Å². The van der Waals surface area contributed by atoms with Crippen LogP contribution in [0.3, 0.4) is 0 Å². The Morgan fingerprint density at radius 1 is 0.562 bits per heavy atom. The van der Waals surface area contributed by atoms with Crippen molar-refractivity contribution in [2.75, 3.05) is 36.8 Å². The van der Waals surface area contributed by atoms with Crippen LogP contribution in [-0.4, -0.2) is 37.7 Å². The van der Waals surface area contributed by atoms with E-state index in [2.05, 4.69) is 10.6 Å². The molecule has 6 N–H and O–H groups in total. The van der Waals surface area contributed by atoms with Crippen molar-refractivity contribution in [2.45, 2.75) is 51.4 Å². The zero-order valence-corrected chi connectivity index (χ0v) is 18.9. The Hall–Kier alpha value is -2.70. The Labute approximate surface area is 191 Å². The zero-order chi connectivity index (χ0) is 22.8. The number of hydrogen-bond donors (Lipinski definition) is 4. The third-order valence-corrected chi connectivity index (χ3v) is 5.97. The molecule has 0 atom stereocenters. The molecule has 0 unspecified atom stereocenters. The molecule has 0 fully saturated rings. The second-order valence-corrected chi connectivity index (χ2v) is 8.37. The third kappa shape index (κ3) is 5.75. The fourth-order valence-corrected chi connectivity index (χ4v) is 4.21. The topological polar surface area (TPSA) is 110 Å². The summed E-state index contributed by atoms with van der Waals surface area (Å²) in [6.07, 6.45) is 8.45. The average Bonchev–Trinajstić information content (AvgIpc) is 2.82. The molecule has 0 aromatic heterocycles. The van der Waals surface area contributed by atoms with Crippen molar-refractivity contribution >= 4 is 22.9 Å². The molecular weight excluding hydrogens is 400 g/mol. The standard InChI is InChI=1S/C26H36N4O2/c27-15-7-1-3-9-17-29-21-13-14-22(30-18-10-4-2-8-16-28)24-23(21)25(31)19-11-5-6-12-20(19)26(24)32/h5-6,11-14,29-30H,1-4,7-10,15-18,27-28H2. The number of nitrogens with two attached hydrogens (primary N) is 2. The molecule has 0 radical (unpaired) electrons. The van der Waals surface area contributed by atoms with Gasteiger partial charge >= 0.3 is 0 Å². The summed E-state index contributed by atoms with van der Waals surface area (Å²) in [5, 5.41) is 6.81. The van der Waals surface area contributed by atoms with E-state index in [1.54, 1.807) is 12.1 Å². The molecule has 172 valence electrons. The van der Waals surface area contributed by atoms with Crippen LogP contribution in [-0.2, 0) is 0 Å². The van der Waals surface area contributed by atoms with Gasteiger partial charge in [-0.15, -0.1) is 0 Å². The van der Waals surface area contributed by atoms with Gasteiger partial charge in [0.2, 0.25) is 0 Å². The normalized spacial score (nSPS) is 12.4. The maximum atomic E-state index is 13.4. The van der Waals surface area contributed by atoms with Crippen molar-refractivity contribution in [1.82, 2.24) is 0 Å². The highest BCUT2D eigenvalue weighted by molar-refractivity contribution is 6.31. The Morgan fingerprint density at radius 3 is 1.38 bits per heavy atom. The SMILES string of the molecule is NCCCCCCNc1ccc(NCCCCCCN)c2c1C(=O)c1ccccc1C2=O. The third-order valence-electron chi connectivity index (χ3n) is 5.97. The smallest absolute Gasteiger partial charge is 0.196 e. The molecule has 6 nitrogen and oxygen atoms in total. The van der Waals surface area contributed by atoms with Gasteiger partial charge in [-0.1, -0.05) is 49.9 Å². The lowest BCUT2D eigenvalue weighted by Crippen LogP contribution is -2.24. The molecule has 32 heavy (non-hydrogen) atoms. The van der Waals surface area contributed by atoms with E-state index in [0.29, 0.717) is 22.3 Å². The lowest BCUT2D eigenvalue weighted by Gasteiger charge is -2.24. The highest BCUT2D eigenvalue weighted by Crippen LogP contribution is 2.36. The average molecular weight is 437 g/mol. The molecule has 0 saturated carbocycles. The summed E-state index contributed by atoms with van der Waals surface area (Å²) in [5.41, 5.74) is 14.5. The summed E-state index contributed by atoms with van der Waals surface area (Å²) in [6, 6.07) is 11.0. The van der Waals surface area contributed by atoms with Gasteiger partial charge in [0.15, 0.2) is 11.6 Å². The first-order valence-corrected chi connectivity index (χ1v) is 11.9. The van der Waals surface area contributed by atoms with Crippen LogP contribution in [0.2, 0.25) is 0 Å². The van der Waals surface area contributed by atoms with Crippen molar-refractivity contribution in [2.24, 2.45) is 11.5 Å². The van der Waals surface area contributed by atoms with Crippen LogP contribution in [0.1, 0.15) is 83.2 Å². The van der Waals surface area contributed by atoms with Crippen LogP contribution in [0.5, 0.6) is 0 Å². The number of unbranched alkanes of at least 4 members (excludes halogenated alkanes) is 6. The van der Waals surface area contributed by atoms with Gasteiger partial charge in [-0.25, -0.2) is 0 Å². The second kappa shape index (κ2) is 12.4. The van der Waals surface area contributed by atoms with Gasteiger partial charge in [0.25, 0.3) is 0 Å². The van der Waals surface area contributed by atoms with E-state index in [-0.39, 0.29) is 11.6 Å². The fraction of sp³-hybridized carbons (Fsp3) is 0.462. The van der Waals surface area contributed by atoms with Crippen molar-refractivity contribution in [3.05, 3.63) is 58.7 Å². The van der Waals surface area contributed by atoms with Gasteiger partial charge in [0, 0.05) is 35.6 Å². The molecule has 2 aromatic carbocycles. The van der Waals surface area contributed by atoms with Gasteiger partial charge in [-0.3, -0.25) is 9.59 Å². The van der Waals surface area contributed by atoms with Crippen LogP contribution >= 0.6 is 0 Å². The van der Waals surface area contributed by atoms with Crippen LogP contribution in [0.15, 0.2) is 36.4 Å². The van der Waals surface area contributed by atoms with E-state index >= 15 is 0 Å². The minimum atomic E-state index is -0.0903. The number of ketones is 2. The lowest BCUT2D eigenvalue weighted by atomic mass is 9.82. The highest BCUT2D eigenvalue weighted by Gasteiger charge is 2.33. The molecule has 0 heterocycles. The predicted octanol–water partition coefficient (Wildman–Crippen LogP) is 4.32. The summed E-state index contributed by atoms with van der Waals surface area (Å²) >= 11 is 0. The predicted molar refractivity (Wildman–Crippen MR) is 132 cm³/mol. The molecule has 1 aliphatic carbocycles. The second-order valence-electron chi connectivity index (χ2n) is 8.37. The Kier molecular flexibility index (Phi) is 9.26. The van der Waals surface area contributed by atoms with Gasteiger partial charge < -0.3 is 22.1 Å². The molecule has 1 aliphatic rings. The van der Waals surface area contributed by atoms with E-state index in [0.717, 1.165) is 88.9 Å². The largest absolute Gasteiger partial charge is 0.384 e. The van der Waals surface area contributed by atoms with Crippen molar-refractivity contribution in [3.63, 3.8) is 0 Å². The van der Waals surface area contributed by atoms with E-state index < -0.39 is 0 Å². The summed E-state index contributed by atoms with van der Waals surface area (Å²) < 4.78 is 0. The maximum absolute atomic E-state index is 13.4. The minimum absolute atomic E-state index is 0.0903. The minimum Gasteiger partial charge on any atom is -0.384 e. The first-order chi connectivity index (χ1) is 15.7. The lowest BCUT2D eigenvalue weighted by molar-refractivity contribution is 0.0980. The molecule has 2 aromatic rings. The van der Waals surface area contributed by atoms with E-state index in [1.165, 1.54) is 0 Å². The Balaban J connectivity index is 1.79. The molecule has 6 heteroatoms. The molecule has 0 spiro atoms. The van der Waals surface area contributed by atoms with Gasteiger partial charge in [0.1, 0.15) is 0 Å². The number of nitrogens with one attached hydrogen (secondary N) is 2. The van der Waals surface area contributed by atoms with E-state index in [1.807, 2.05) is 24.3 Å². The highest BCUT2D eigenvalue weighted by atomic mass is 16.1. The van der Waals surface area contributed by atoms with Gasteiger partial charge in [0.05, 0.1) is 11.1 Å². The van der Waals surface area contributed by atoms with Crippen LogP contribution in [0.4, 0.5) is 11.4 Å². The summed E-state index contributed by atoms with van der Waals surface area (Å²) in [7, 11) is 0. The number of carbonyl (C=O) groups excluding carboxylic acids is 2. The quantitative estimate of drug-likeness (QED) is 0.280. The van der Waals surface area contributed by atoms with E-state index in [4.69, 9.17) is 11.5 Å². The zero-order valence-electron chi connectivity index (χ0n) is 18.9. The summed E-state index contributed by atoms with van der Waals surface area (Å²) in [4.78, 5) is 26.8. The molecule has 0 saturated heterocycles. The number of rotatable bonds is 14. The molecule has 0 aliphatic heterocycles. The Bertz CT molecular complexity index is 852. The van der Waals surface area contributed by atoms with Crippen molar-refractivity contribution in [3.8, 4) is 0 Å². The molecular formula is C26H36N4O2. The van der Waals surface area contributed by atoms with Gasteiger partial charge in [-0.2, -0.15) is 0 Å². The van der Waals surface area contributed by atoms with Crippen LogP contribution < -0.4 is 22.1 Å². The summed E-state index contributed by atoms with van der Waals surface area (Å²) in [5.74, 6) is -0.181. The van der Waals surface area contributed by atoms with Crippen LogP contribution in [0.25, 0.3) is 0 Å². The summed E-state index contributed by atoms with van der Waals surface area (Å²) in [6.45, 7) is 2.96. The monoisotopic (exact) mass is 436 g/mol.